The molecule has 0 N–H and O–H groups in total. The Hall–Kier alpha value is -16.1. The van der Waals surface area contributed by atoms with Gasteiger partial charge in [-0.3, -0.25) is 0 Å². The highest BCUT2D eigenvalue weighted by Gasteiger charge is 2.24. The number of benzene rings is 26. The van der Waals surface area contributed by atoms with Gasteiger partial charge >= 0.3 is 0 Å². The lowest BCUT2D eigenvalue weighted by Crippen LogP contribution is -1.92. The standard InChI is InChI=1S/2C42H26.C40H26/c1-3-11-33-27(9-1)19-21-30-25-31(23-24-35(30)33)41-36-13-5-7-15-38(36)42(39-16-8-6-14-37(39)41)32-22-20-29-18-17-28-10-2-4-12-34(28)40(29)26-32;1-3-13-31-27(11-1)21-22-28-23-24-30(26-39(28)31)41-35-17-7-9-19-37(35)42(38-20-10-8-18-36(38)41)40-25-29-12-2-4-14-32(29)33-15-5-6-16-34(33)40;1-2-12-27(13-3-1)31-15-6-7-17-33(31)40-36-20-10-8-18-34(36)39(35-19-9-11-21-37(35)40)30-25-24-29-23-22-28-14-4-5-16-32(28)38(29)26-30/h2*1-26H;1-26H. The van der Waals surface area contributed by atoms with Gasteiger partial charge in [-0.1, -0.05) is 443 Å². The maximum absolute atomic E-state index is 2.40. The Bertz CT molecular complexity index is 8700. The summed E-state index contributed by atoms with van der Waals surface area (Å²) in [6, 6.07) is 174. The van der Waals surface area contributed by atoms with Gasteiger partial charge in [0.2, 0.25) is 0 Å². The van der Waals surface area contributed by atoms with Crippen molar-refractivity contribution in [1.29, 1.82) is 0 Å². The molecule has 26 aromatic rings. The van der Waals surface area contributed by atoms with Crippen LogP contribution in [0.2, 0.25) is 0 Å². The molecule has 0 radical (unpaired) electrons. The topological polar surface area (TPSA) is 0 Å². The molecule has 0 spiro atoms. The largest absolute Gasteiger partial charge is 0.0622 e. The summed E-state index contributed by atoms with van der Waals surface area (Å²) in [5, 5.41) is 41.1. The molecule has 0 aliphatic heterocycles. The molecule has 0 unspecified atom stereocenters. The Kier molecular flexibility index (Phi) is 17.4. The van der Waals surface area contributed by atoms with E-state index in [1.807, 2.05) is 0 Å². The Morgan fingerprint density at radius 3 is 0.653 bits per heavy atom. The molecular weight excluding hydrogens is 1490 g/mol. The first kappa shape index (κ1) is 71.9. The highest BCUT2D eigenvalue weighted by atomic mass is 14.3. The van der Waals surface area contributed by atoms with E-state index in [2.05, 4.69) is 473 Å². The Labute approximate surface area is 718 Å². The molecule has 0 heteroatoms. The van der Waals surface area contributed by atoms with E-state index in [1.54, 1.807) is 0 Å². The lowest BCUT2D eigenvalue weighted by atomic mass is 9.83. The fraction of sp³-hybridized carbons (Fsp3) is 0. The third-order valence-electron chi connectivity index (χ3n) is 26.3. The van der Waals surface area contributed by atoms with Gasteiger partial charge in [0.15, 0.2) is 0 Å². The minimum absolute atomic E-state index is 1.23. The normalized spacial score (nSPS) is 11.7. The smallest absolute Gasteiger partial charge is 0.00199 e. The molecule has 0 aliphatic rings. The van der Waals surface area contributed by atoms with Gasteiger partial charge in [0.1, 0.15) is 0 Å². The van der Waals surface area contributed by atoms with E-state index in [0.717, 1.165) is 0 Å². The van der Waals surface area contributed by atoms with Crippen molar-refractivity contribution < 1.29 is 0 Å². The molecule has 0 aromatic heterocycles. The van der Waals surface area contributed by atoms with Crippen LogP contribution in [0.5, 0.6) is 0 Å². The third-order valence-corrected chi connectivity index (χ3v) is 26.3. The monoisotopic (exact) mass is 1570 g/mol. The van der Waals surface area contributed by atoms with Crippen molar-refractivity contribution in [2.75, 3.05) is 0 Å². The summed E-state index contributed by atoms with van der Waals surface area (Å²) in [4.78, 5) is 0. The van der Waals surface area contributed by atoms with Crippen LogP contribution in [-0.2, 0) is 0 Å². The summed E-state index contributed by atoms with van der Waals surface area (Å²) in [7, 11) is 0. The predicted octanol–water partition coefficient (Wildman–Crippen LogP) is 35.2. The molecule has 26 rings (SSSR count). The zero-order chi connectivity index (χ0) is 81.7. The zero-order valence-corrected chi connectivity index (χ0v) is 68.0. The van der Waals surface area contributed by atoms with Crippen molar-refractivity contribution in [2.24, 2.45) is 0 Å². The Morgan fingerprint density at radius 1 is 0.0806 bits per heavy atom. The van der Waals surface area contributed by atoms with E-state index in [9.17, 15) is 0 Å². The van der Waals surface area contributed by atoms with Crippen molar-refractivity contribution in [3.05, 3.63) is 473 Å². The summed E-state index contributed by atoms with van der Waals surface area (Å²) >= 11 is 0. The molecular formula is C124H78. The van der Waals surface area contributed by atoms with Crippen LogP contribution >= 0.6 is 0 Å². The summed E-state index contributed by atoms with van der Waals surface area (Å²) in [5.74, 6) is 0. The van der Waals surface area contributed by atoms with Crippen LogP contribution < -0.4 is 0 Å². The summed E-state index contributed by atoms with van der Waals surface area (Å²) in [5.41, 5.74) is 17.8. The number of hydrogen-bond donors (Lipinski definition) is 0. The second-order valence-corrected chi connectivity index (χ2v) is 33.0. The maximum Gasteiger partial charge on any atom is -0.00199 e. The number of fused-ring (bicyclic) bond motifs is 21. The molecule has 0 heterocycles. The molecule has 0 saturated carbocycles. The van der Waals surface area contributed by atoms with E-state index in [1.165, 1.54) is 250 Å². The highest BCUT2D eigenvalue weighted by Crippen LogP contribution is 2.52. The van der Waals surface area contributed by atoms with Crippen molar-refractivity contribution in [3.8, 4) is 77.9 Å². The fourth-order valence-corrected chi connectivity index (χ4v) is 20.7. The van der Waals surface area contributed by atoms with Crippen LogP contribution in [0, 0.1) is 0 Å². The number of rotatable bonds is 7. The minimum Gasteiger partial charge on any atom is -0.0622 e. The van der Waals surface area contributed by atoms with Gasteiger partial charge in [-0.25, -0.2) is 0 Å². The molecule has 0 aliphatic carbocycles. The van der Waals surface area contributed by atoms with E-state index in [4.69, 9.17) is 0 Å². The summed E-state index contributed by atoms with van der Waals surface area (Å²) in [6.45, 7) is 0. The third kappa shape index (κ3) is 12.1. The van der Waals surface area contributed by atoms with Crippen molar-refractivity contribution in [3.63, 3.8) is 0 Å². The predicted molar refractivity (Wildman–Crippen MR) is 537 cm³/mol. The zero-order valence-electron chi connectivity index (χ0n) is 68.0. The van der Waals surface area contributed by atoms with Crippen LogP contribution in [-0.4, -0.2) is 0 Å². The van der Waals surface area contributed by atoms with Gasteiger partial charge in [0.25, 0.3) is 0 Å². The van der Waals surface area contributed by atoms with Gasteiger partial charge in [-0.15, -0.1) is 0 Å². The lowest BCUT2D eigenvalue weighted by molar-refractivity contribution is 1.61. The Morgan fingerprint density at radius 2 is 0.290 bits per heavy atom. The molecule has 0 amide bonds. The van der Waals surface area contributed by atoms with Crippen LogP contribution in [0.3, 0.4) is 0 Å². The van der Waals surface area contributed by atoms with Crippen LogP contribution in [0.4, 0.5) is 0 Å². The quantitative estimate of drug-likeness (QED) is 0.110. The minimum atomic E-state index is 1.23. The van der Waals surface area contributed by atoms with Crippen molar-refractivity contribution in [2.45, 2.75) is 0 Å². The molecule has 0 atom stereocenters. The van der Waals surface area contributed by atoms with E-state index >= 15 is 0 Å². The average molecular weight is 1570 g/mol. The maximum atomic E-state index is 2.40. The SMILES string of the molecule is c1ccc(-c2ccccc2-c2c3ccccc3c(-c3ccc4ccc5ccccc5c4c3)c3ccccc23)cc1.c1ccc2c(c1)ccc1cc(-c3c4ccccc4c(-c4ccc5ccc6ccccc6c5c4)c4ccccc34)ccc12.c1ccc2c(c1)ccc1ccc(-c3c4ccccc4c(-c4cc5ccccc5c5ccccc45)c4ccccc34)cc12. The van der Waals surface area contributed by atoms with Crippen molar-refractivity contribution >= 4 is 172 Å². The highest BCUT2D eigenvalue weighted by molar-refractivity contribution is 6.29. The van der Waals surface area contributed by atoms with E-state index in [-0.39, 0.29) is 0 Å². The molecule has 574 valence electrons. The van der Waals surface area contributed by atoms with Gasteiger partial charge in [0.05, 0.1) is 0 Å². The van der Waals surface area contributed by atoms with Gasteiger partial charge in [-0.2, -0.15) is 0 Å². The second kappa shape index (κ2) is 30.0. The first-order chi connectivity index (χ1) is 61.5. The van der Waals surface area contributed by atoms with Gasteiger partial charge in [0, 0.05) is 0 Å². The summed E-state index contributed by atoms with van der Waals surface area (Å²) in [6.07, 6.45) is 0. The van der Waals surface area contributed by atoms with E-state index < -0.39 is 0 Å². The van der Waals surface area contributed by atoms with E-state index in [0.29, 0.717) is 0 Å². The van der Waals surface area contributed by atoms with Crippen LogP contribution in [0.25, 0.3) is 250 Å². The lowest BCUT2D eigenvalue weighted by Gasteiger charge is -2.20. The molecule has 0 fully saturated rings. The first-order valence-electron chi connectivity index (χ1n) is 43.1. The molecule has 0 bridgehead atoms. The first-order valence-corrected chi connectivity index (χ1v) is 43.1. The van der Waals surface area contributed by atoms with Gasteiger partial charge < -0.3 is 0 Å². The number of hydrogen-bond acceptors (Lipinski definition) is 0. The van der Waals surface area contributed by atoms with Crippen molar-refractivity contribution in [1.82, 2.24) is 0 Å². The van der Waals surface area contributed by atoms with Gasteiger partial charge in [-0.05, 0) is 281 Å². The molecule has 26 aromatic carbocycles. The summed E-state index contributed by atoms with van der Waals surface area (Å²) < 4.78 is 0. The molecule has 0 nitrogen and oxygen atoms in total. The molecule has 124 heavy (non-hydrogen) atoms. The average Bonchev–Trinajstić information content (AvgIpc) is 0.734. The van der Waals surface area contributed by atoms with Crippen LogP contribution in [0.15, 0.2) is 473 Å². The fourth-order valence-electron chi connectivity index (χ4n) is 20.7. The van der Waals surface area contributed by atoms with Crippen LogP contribution in [0.1, 0.15) is 0 Å². The Balaban J connectivity index is 0.000000105. The molecule has 0 saturated heterocycles. The second-order valence-electron chi connectivity index (χ2n) is 33.0.